The van der Waals surface area contributed by atoms with Crippen LogP contribution in [0.4, 0.5) is 0 Å². The predicted octanol–water partition coefficient (Wildman–Crippen LogP) is -0.274. The zero-order valence-corrected chi connectivity index (χ0v) is 8.68. The van der Waals surface area contributed by atoms with E-state index in [9.17, 15) is 9.59 Å². The Balaban J connectivity index is 2.25. The van der Waals surface area contributed by atoms with Crippen molar-refractivity contribution >= 4 is 0 Å². The number of nitrogens with zero attached hydrogens (tertiary/aromatic N) is 2. The first-order valence-corrected chi connectivity index (χ1v) is 5.06. The minimum atomic E-state index is -0.280. The Morgan fingerprint density at radius 3 is 3.00 bits per heavy atom. The molecule has 1 aliphatic heterocycles. The minimum absolute atomic E-state index is 0.111. The van der Waals surface area contributed by atoms with E-state index in [1.165, 1.54) is 23.9 Å². The highest BCUT2D eigenvalue weighted by molar-refractivity contribution is 4.86. The first kappa shape index (κ1) is 10.2. The number of hydrogen-bond donors (Lipinski definition) is 0. The highest BCUT2D eigenvalue weighted by atomic mass is 16.5. The summed E-state index contributed by atoms with van der Waals surface area (Å²) in [6.07, 6.45) is 3.67. The van der Waals surface area contributed by atoms with Gasteiger partial charge < -0.3 is 4.74 Å². The summed E-state index contributed by atoms with van der Waals surface area (Å²) in [5.41, 5.74) is -0.554. The summed E-state index contributed by atoms with van der Waals surface area (Å²) in [6.45, 7) is 1.30. The third-order valence-electron chi connectivity index (χ3n) is 2.68. The fourth-order valence-corrected chi connectivity index (χ4v) is 1.76. The molecule has 1 atom stereocenters. The lowest BCUT2D eigenvalue weighted by atomic mass is 10.2. The molecule has 2 rings (SSSR count). The van der Waals surface area contributed by atoms with Gasteiger partial charge in [0.2, 0.25) is 0 Å². The van der Waals surface area contributed by atoms with Gasteiger partial charge in [0.25, 0.3) is 5.56 Å². The zero-order valence-electron chi connectivity index (χ0n) is 8.68. The third-order valence-corrected chi connectivity index (χ3v) is 2.68. The topological polar surface area (TPSA) is 53.2 Å². The van der Waals surface area contributed by atoms with E-state index < -0.39 is 0 Å². The number of rotatable bonds is 2. The van der Waals surface area contributed by atoms with Crippen LogP contribution in [0.25, 0.3) is 0 Å². The van der Waals surface area contributed by atoms with E-state index in [4.69, 9.17) is 4.74 Å². The molecule has 1 aliphatic rings. The van der Waals surface area contributed by atoms with E-state index in [-0.39, 0.29) is 17.4 Å². The maximum atomic E-state index is 11.6. The molecule has 1 saturated heterocycles. The monoisotopic (exact) mass is 210 g/mol. The Kier molecular flexibility index (Phi) is 2.73. The molecule has 1 aromatic heterocycles. The zero-order chi connectivity index (χ0) is 10.8. The molecular formula is C10H14N2O3. The normalized spacial score (nSPS) is 20.7. The van der Waals surface area contributed by atoms with Crippen molar-refractivity contribution in [2.24, 2.45) is 7.05 Å². The molecule has 0 saturated carbocycles. The van der Waals surface area contributed by atoms with E-state index in [1.807, 2.05) is 0 Å². The average Bonchev–Trinajstić information content (AvgIpc) is 2.72. The van der Waals surface area contributed by atoms with Gasteiger partial charge >= 0.3 is 5.69 Å². The second kappa shape index (κ2) is 4.02. The third kappa shape index (κ3) is 2.02. The molecule has 1 aromatic rings. The van der Waals surface area contributed by atoms with Crippen LogP contribution in [0, 0.1) is 0 Å². The number of hydrogen-bond acceptors (Lipinski definition) is 3. The van der Waals surface area contributed by atoms with Gasteiger partial charge in [-0.15, -0.1) is 0 Å². The van der Waals surface area contributed by atoms with Crippen molar-refractivity contribution in [1.29, 1.82) is 0 Å². The second-order valence-corrected chi connectivity index (χ2v) is 3.78. The van der Waals surface area contributed by atoms with Crippen LogP contribution in [0.2, 0.25) is 0 Å². The van der Waals surface area contributed by atoms with Crippen molar-refractivity contribution in [2.75, 3.05) is 6.61 Å². The lowest BCUT2D eigenvalue weighted by Gasteiger charge is -2.11. The molecule has 1 fully saturated rings. The minimum Gasteiger partial charge on any atom is -0.376 e. The van der Waals surface area contributed by atoms with Crippen molar-refractivity contribution in [3.63, 3.8) is 0 Å². The van der Waals surface area contributed by atoms with Gasteiger partial charge in [-0.2, -0.15) is 0 Å². The molecule has 82 valence electrons. The molecule has 5 nitrogen and oxygen atoms in total. The Hall–Kier alpha value is -1.36. The molecule has 0 bridgehead atoms. The fourth-order valence-electron chi connectivity index (χ4n) is 1.76. The highest BCUT2D eigenvalue weighted by Crippen LogP contribution is 2.12. The molecule has 2 heterocycles. The van der Waals surface area contributed by atoms with Crippen LogP contribution in [-0.2, 0) is 18.3 Å². The van der Waals surface area contributed by atoms with Gasteiger partial charge in [-0.3, -0.25) is 13.9 Å². The van der Waals surface area contributed by atoms with Crippen LogP contribution >= 0.6 is 0 Å². The van der Waals surface area contributed by atoms with Crippen molar-refractivity contribution in [3.05, 3.63) is 33.1 Å². The van der Waals surface area contributed by atoms with Gasteiger partial charge in [-0.1, -0.05) is 0 Å². The standard InChI is InChI=1S/C10H14N2O3/c1-11-9(13)4-5-12(10(11)14)7-8-3-2-6-15-8/h4-5,8H,2-3,6-7H2,1H3. The quantitative estimate of drug-likeness (QED) is 0.675. The highest BCUT2D eigenvalue weighted by Gasteiger charge is 2.16. The van der Waals surface area contributed by atoms with Crippen molar-refractivity contribution in [2.45, 2.75) is 25.5 Å². The van der Waals surface area contributed by atoms with E-state index in [0.29, 0.717) is 6.54 Å². The maximum absolute atomic E-state index is 11.6. The van der Waals surface area contributed by atoms with Crippen LogP contribution in [-0.4, -0.2) is 21.8 Å². The second-order valence-electron chi connectivity index (χ2n) is 3.78. The summed E-state index contributed by atoms with van der Waals surface area (Å²) in [5.74, 6) is 0. The lowest BCUT2D eigenvalue weighted by molar-refractivity contribution is 0.0954. The predicted molar refractivity (Wildman–Crippen MR) is 54.9 cm³/mol. The molecule has 0 N–H and O–H groups in total. The van der Waals surface area contributed by atoms with Gasteiger partial charge in [0, 0.05) is 25.9 Å². The number of aromatic nitrogens is 2. The van der Waals surface area contributed by atoms with Crippen LogP contribution in [0.1, 0.15) is 12.8 Å². The van der Waals surface area contributed by atoms with Gasteiger partial charge in [-0.25, -0.2) is 4.79 Å². The molecule has 5 heteroatoms. The fraction of sp³-hybridized carbons (Fsp3) is 0.600. The Labute approximate surface area is 86.9 Å². The summed E-state index contributed by atoms with van der Waals surface area (Å²) in [4.78, 5) is 22.8. The first-order valence-electron chi connectivity index (χ1n) is 5.06. The Morgan fingerprint density at radius 1 is 1.53 bits per heavy atom. The molecule has 0 amide bonds. The Morgan fingerprint density at radius 2 is 2.33 bits per heavy atom. The van der Waals surface area contributed by atoms with Crippen molar-refractivity contribution in [1.82, 2.24) is 9.13 Å². The smallest absolute Gasteiger partial charge is 0.330 e. The summed E-state index contributed by atoms with van der Waals surface area (Å²) < 4.78 is 8.07. The van der Waals surface area contributed by atoms with Gasteiger partial charge in [0.05, 0.1) is 12.6 Å². The molecule has 0 aromatic carbocycles. The Bertz CT molecular complexity index is 454. The molecule has 0 spiro atoms. The average molecular weight is 210 g/mol. The van der Waals surface area contributed by atoms with Crippen LogP contribution in [0.15, 0.2) is 21.9 Å². The molecule has 15 heavy (non-hydrogen) atoms. The number of ether oxygens (including phenoxy) is 1. The van der Waals surface area contributed by atoms with Gasteiger partial charge in [0.1, 0.15) is 0 Å². The van der Waals surface area contributed by atoms with Crippen molar-refractivity contribution in [3.8, 4) is 0 Å². The van der Waals surface area contributed by atoms with Crippen molar-refractivity contribution < 1.29 is 4.74 Å². The molecule has 1 unspecified atom stereocenters. The summed E-state index contributed by atoms with van der Waals surface area (Å²) >= 11 is 0. The molecule has 0 aliphatic carbocycles. The SMILES string of the molecule is Cn1c(=O)ccn(CC2CCCO2)c1=O. The maximum Gasteiger partial charge on any atom is 0.330 e. The van der Waals surface area contributed by atoms with E-state index in [1.54, 1.807) is 0 Å². The molecule has 0 radical (unpaired) electrons. The van der Waals surface area contributed by atoms with E-state index in [2.05, 4.69) is 0 Å². The van der Waals surface area contributed by atoms with E-state index >= 15 is 0 Å². The van der Waals surface area contributed by atoms with Crippen LogP contribution < -0.4 is 11.2 Å². The lowest BCUT2D eigenvalue weighted by Crippen LogP contribution is -2.38. The van der Waals surface area contributed by atoms with Crippen LogP contribution in [0.3, 0.4) is 0 Å². The van der Waals surface area contributed by atoms with Crippen LogP contribution in [0.5, 0.6) is 0 Å². The summed E-state index contributed by atoms with van der Waals surface area (Å²) in [7, 11) is 1.48. The summed E-state index contributed by atoms with van der Waals surface area (Å²) in [6, 6.07) is 1.40. The first-order chi connectivity index (χ1) is 7.18. The van der Waals surface area contributed by atoms with Gasteiger partial charge in [-0.05, 0) is 12.8 Å². The summed E-state index contributed by atoms with van der Waals surface area (Å²) in [5, 5.41) is 0. The largest absolute Gasteiger partial charge is 0.376 e. The molecular weight excluding hydrogens is 196 g/mol. The van der Waals surface area contributed by atoms with Gasteiger partial charge in [0.15, 0.2) is 0 Å². The van der Waals surface area contributed by atoms with E-state index in [0.717, 1.165) is 24.0 Å².